The van der Waals surface area contributed by atoms with Gasteiger partial charge in [0.15, 0.2) is 0 Å². The maximum atomic E-state index is 5.86. The van der Waals surface area contributed by atoms with Crippen LogP contribution in [0.5, 0.6) is 0 Å². The Hall–Kier alpha value is -0.540. The van der Waals surface area contributed by atoms with Gasteiger partial charge in [0, 0.05) is 29.3 Å². The van der Waals surface area contributed by atoms with E-state index in [0.717, 1.165) is 23.1 Å². The van der Waals surface area contributed by atoms with Crippen LogP contribution in [0.1, 0.15) is 32.4 Å². The molecule has 0 saturated carbocycles. The minimum Gasteiger partial charge on any atom is -0.372 e. The topological polar surface area (TPSA) is 29.3 Å². The quantitative estimate of drug-likeness (QED) is 0.910. The summed E-state index contributed by atoms with van der Waals surface area (Å²) < 4.78 is 1.10. The summed E-state index contributed by atoms with van der Waals surface area (Å²) in [6.45, 7) is 8.38. The van der Waals surface area contributed by atoms with Gasteiger partial charge in [0.1, 0.15) is 0 Å². The van der Waals surface area contributed by atoms with E-state index < -0.39 is 0 Å². The predicted octanol–water partition coefficient (Wildman–Crippen LogP) is 3.32. The number of hydrogen-bond acceptors (Lipinski definition) is 2. The molecular formula is C12H19BrN2. The van der Waals surface area contributed by atoms with Gasteiger partial charge in [0.2, 0.25) is 0 Å². The molecule has 0 aliphatic rings. The Labute approximate surface area is 101 Å². The number of anilines is 1. The zero-order chi connectivity index (χ0) is 11.4. The molecule has 1 aromatic rings. The summed E-state index contributed by atoms with van der Waals surface area (Å²) in [4.78, 5) is 2.32. The Balaban J connectivity index is 3.00. The fraction of sp³-hybridized carbons (Fsp3) is 0.500. The largest absolute Gasteiger partial charge is 0.372 e. The van der Waals surface area contributed by atoms with Crippen molar-refractivity contribution in [1.82, 2.24) is 0 Å². The lowest BCUT2D eigenvalue weighted by atomic mass is 10.1. The van der Waals surface area contributed by atoms with Gasteiger partial charge in [-0.2, -0.15) is 0 Å². The summed E-state index contributed by atoms with van der Waals surface area (Å²) in [5.74, 6) is 0. The van der Waals surface area contributed by atoms with Crippen molar-refractivity contribution in [1.29, 1.82) is 0 Å². The maximum absolute atomic E-state index is 5.86. The average Bonchev–Trinajstić information content (AvgIpc) is 2.19. The molecule has 0 aromatic heterocycles. The van der Waals surface area contributed by atoms with Crippen LogP contribution in [0.2, 0.25) is 0 Å². The first kappa shape index (κ1) is 12.5. The number of nitrogens with two attached hydrogens (primary N) is 1. The van der Waals surface area contributed by atoms with E-state index in [1.54, 1.807) is 0 Å². The number of nitrogens with zero attached hydrogens (tertiary/aromatic N) is 1. The molecule has 2 N–H and O–H groups in total. The van der Waals surface area contributed by atoms with Crippen molar-refractivity contribution < 1.29 is 0 Å². The summed E-state index contributed by atoms with van der Waals surface area (Å²) >= 11 is 3.57. The molecule has 0 heterocycles. The Bertz CT molecular complexity index is 319. The van der Waals surface area contributed by atoms with E-state index in [1.807, 2.05) is 6.92 Å². The van der Waals surface area contributed by atoms with Crippen molar-refractivity contribution in [3.8, 4) is 0 Å². The van der Waals surface area contributed by atoms with Crippen LogP contribution in [0.3, 0.4) is 0 Å². The number of hydrogen-bond donors (Lipinski definition) is 1. The minimum absolute atomic E-state index is 0.0742. The second-order valence-corrected chi connectivity index (χ2v) is 4.52. The first-order chi connectivity index (χ1) is 7.10. The number of benzene rings is 1. The summed E-state index contributed by atoms with van der Waals surface area (Å²) in [6, 6.07) is 6.45. The Morgan fingerprint density at radius 3 is 2.33 bits per heavy atom. The van der Waals surface area contributed by atoms with Gasteiger partial charge in [-0.25, -0.2) is 0 Å². The van der Waals surface area contributed by atoms with Crippen molar-refractivity contribution in [2.45, 2.75) is 26.8 Å². The third kappa shape index (κ3) is 2.95. The van der Waals surface area contributed by atoms with Crippen molar-refractivity contribution in [3.63, 3.8) is 0 Å². The minimum atomic E-state index is 0.0742. The van der Waals surface area contributed by atoms with Crippen LogP contribution in [-0.2, 0) is 0 Å². The lowest BCUT2D eigenvalue weighted by molar-refractivity contribution is 0.810. The van der Waals surface area contributed by atoms with E-state index in [-0.39, 0.29) is 6.04 Å². The van der Waals surface area contributed by atoms with Gasteiger partial charge >= 0.3 is 0 Å². The molecule has 15 heavy (non-hydrogen) atoms. The third-order valence-corrected chi connectivity index (χ3v) is 3.29. The highest BCUT2D eigenvalue weighted by molar-refractivity contribution is 9.10. The molecule has 0 bridgehead atoms. The van der Waals surface area contributed by atoms with E-state index >= 15 is 0 Å². The average molecular weight is 271 g/mol. The Morgan fingerprint density at radius 1 is 1.33 bits per heavy atom. The smallest absolute Gasteiger partial charge is 0.0377 e. The standard InChI is InChI=1S/C12H19BrN2/c1-4-15(5-2)10-6-7-11(9(3)14)12(13)8-10/h6-9H,4-5,14H2,1-3H3/t9-/m1/s1. The van der Waals surface area contributed by atoms with Crippen LogP contribution < -0.4 is 10.6 Å². The van der Waals surface area contributed by atoms with Gasteiger partial charge in [-0.05, 0) is 38.5 Å². The predicted molar refractivity (Wildman–Crippen MR) is 70.3 cm³/mol. The highest BCUT2D eigenvalue weighted by Gasteiger charge is 2.08. The first-order valence-corrected chi connectivity index (χ1v) is 6.19. The van der Waals surface area contributed by atoms with Crippen molar-refractivity contribution >= 4 is 21.6 Å². The molecule has 1 aromatic carbocycles. The van der Waals surface area contributed by atoms with Gasteiger partial charge in [0.05, 0.1) is 0 Å². The lowest BCUT2D eigenvalue weighted by Crippen LogP contribution is -2.21. The second-order valence-electron chi connectivity index (χ2n) is 3.67. The monoisotopic (exact) mass is 270 g/mol. The zero-order valence-electron chi connectivity index (χ0n) is 9.63. The molecule has 2 nitrogen and oxygen atoms in total. The van der Waals surface area contributed by atoms with Crippen LogP contribution in [0.4, 0.5) is 5.69 Å². The summed E-state index contributed by atoms with van der Waals surface area (Å²) in [7, 11) is 0. The van der Waals surface area contributed by atoms with E-state index in [2.05, 4.69) is 52.9 Å². The molecule has 0 unspecified atom stereocenters. The number of halogens is 1. The molecule has 1 rings (SSSR count). The fourth-order valence-corrected chi connectivity index (χ4v) is 2.40. The third-order valence-electron chi connectivity index (χ3n) is 2.60. The summed E-state index contributed by atoms with van der Waals surface area (Å²) in [6.07, 6.45) is 0. The van der Waals surface area contributed by atoms with E-state index in [0.29, 0.717) is 0 Å². The van der Waals surface area contributed by atoms with Crippen molar-refractivity contribution in [3.05, 3.63) is 28.2 Å². The van der Waals surface area contributed by atoms with Crippen molar-refractivity contribution in [2.75, 3.05) is 18.0 Å². The highest BCUT2D eigenvalue weighted by atomic mass is 79.9. The van der Waals surface area contributed by atoms with Crippen LogP contribution in [0, 0.1) is 0 Å². The molecule has 0 saturated heterocycles. The van der Waals surface area contributed by atoms with Crippen LogP contribution >= 0.6 is 15.9 Å². The molecule has 0 aliphatic heterocycles. The van der Waals surface area contributed by atoms with Gasteiger partial charge in [-0.1, -0.05) is 22.0 Å². The maximum Gasteiger partial charge on any atom is 0.0377 e. The normalized spacial score (nSPS) is 12.6. The molecule has 1 atom stereocenters. The van der Waals surface area contributed by atoms with E-state index in [9.17, 15) is 0 Å². The van der Waals surface area contributed by atoms with Gasteiger partial charge in [-0.3, -0.25) is 0 Å². The molecular weight excluding hydrogens is 252 g/mol. The number of rotatable bonds is 4. The second kappa shape index (κ2) is 5.52. The van der Waals surface area contributed by atoms with Crippen LogP contribution in [0.25, 0.3) is 0 Å². The summed E-state index contributed by atoms with van der Waals surface area (Å²) in [5, 5.41) is 0. The zero-order valence-corrected chi connectivity index (χ0v) is 11.2. The van der Waals surface area contributed by atoms with Crippen molar-refractivity contribution in [2.24, 2.45) is 5.73 Å². The molecule has 0 aliphatic carbocycles. The Kier molecular flexibility index (Phi) is 4.61. The van der Waals surface area contributed by atoms with E-state index in [1.165, 1.54) is 5.69 Å². The van der Waals surface area contributed by atoms with Gasteiger partial charge in [0.25, 0.3) is 0 Å². The highest BCUT2D eigenvalue weighted by Crippen LogP contribution is 2.27. The molecule has 0 radical (unpaired) electrons. The van der Waals surface area contributed by atoms with Crippen LogP contribution in [0.15, 0.2) is 22.7 Å². The van der Waals surface area contributed by atoms with Gasteiger partial charge in [-0.15, -0.1) is 0 Å². The molecule has 0 amide bonds. The first-order valence-electron chi connectivity index (χ1n) is 5.40. The lowest BCUT2D eigenvalue weighted by Gasteiger charge is -2.22. The molecule has 0 spiro atoms. The molecule has 0 fully saturated rings. The summed E-state index contributed by atoms with van der Waals surface area (Å²) in [5.41, 5.74) is 8.27. The fourth-order valence-electron chi connectivity index (χ4n) is 1.67. The van der Waals surface area contributed by atoms with E-state index in [4.69, 9.17) is 5.73 Å². The van der Waals surface area contributed by atoms with Crippen LogP contribution in [-0.4, -0.2) is 13.1 Å². The molecule has 3 heteroatoms. The molecule has 84 valence electrons. The van der Waals surface area contributed by atoms with Gasteiger partial charge < -0.3 is 10.6 Å². The Morgan fingerprint density at radius 2 is 1.93 bits per heavy atom. The SMILES string of the molecule is CCN(CC)c1ccc([C@@H](C)N)c(Br)c1.